The van der Waals surface area contributed by atoms with E-state index in [-0.39, 0.29) is 12.5 Å². The summed E-state index contributed by atoms with van der Waals surface area (Å²) in [4.78, 5) is 23.8. The Kier molecular flexibility index (Phi) is 3.65. The van der Waals surface area contributed by atoms with Crippen molar-refractivity contribution in [1.82, 2.24) is 14.7 Å². The van der Waals surface area contributed by atoms with Gasteiger partial charge in [-0.2, -0.15) is 5.10 Å². The van der Waals surface area contributed by atoms with Gasteiger partial charge in [0, 0.05) is 13.6 Å². The molecule has 1 aromatic heterocycles. The molecule has 0 aliphatic rings. The van der Waals surface area contributed by atoms with Crippen LogP contribution in [0, 0.1) is 6.92 Å². The second kappa shape index (κ2) is 4.78. The molecule has 0 atom stereocenters. The van der Waals surface area contributed by atoms with Gasteiger partial charge in [0.1, 0.15) is 12.2 Å². The van der Waals surface area contributed by atoms with Crippen LogP contribution in [-0.2, 0) is 11.8 Å². The Balaban J connectivity index is 2.91. The second-order valence-electron chi connectivity index (χ2n) is 3.51. The van der Waals surface area contributed by atoms with Crippen molar-refractivity contribution < 1.29 is 14.7 Å². The minimum Gasteiger partial charge on any atom is -0.480 e. The van der Waals surface area contributed by atoms with Crippen molar-refractivity contribution in [2.75, 3.05) is 13.1 Å². The predicted octanol–water partition coefficient (Wildman–Crippen LogP) is 0.275. The Morgan fingerprint density at radius 3 is 2.56 bits per heavy atom. The van der Waals surface area contributed by atoms with Crippen LogP contribution in [0.1, 0.15) is 23.1 Å². The normalized spacial score (nSPS) is 10.2. The number of nitrogens with zero attached hydrogens (tertiary/aromatic N) is 3. The summed E-state index contributed by atoms with van der Waals surface area (Å²) in [5.41, 5.74) is 1.14. The fraction of sp³-hybridized carbons (Fsp3) is 0.500. The largest absolute Gasteiger partial charge is 0.480 e. The highest BCUT2D eigenvalue weighted by Crippen LogP contribution is 2.06. The van der Waals surface area contributed by atoms with Gasteiger partial charge in [0.15, 0.2) is 0 Å². The maximum atomic E-state index is 11.9. The third-order valence-corrected chi connectivity index (χ3v) is 2.22. The number of carbonyl (C=O) groups excluding carboxylic acids is 1. The molecule has 88 valence electrons. The molecule has 0 aliphatic carbocycles. The van der Waals surface area contributed by atoms with E-state index >= 15 is 0 Å². The highest BCUT2D eigenvalue weighted by molar-refractivity contribution is 5.94. The molecule has 0 bridgehead atoms. The molecule has 0 unspecified atom stereocenters. The molecule has 1 amide bonds. The molecule has 1 N–H and O–H groups in total. The lowest BCUT2D eigenvalue weighted by molar-refractivity contribution is -0.137. The van der Waals surface area contributed by atoms with Crippen LogP contribution in [-0.4, -0.2) is 44.8 Å². The van der Waals surface area contributed by atoms with Crippen molar-refractivity contribution in [3.63, 3.8) is 0 Å². The van der Waals surface area contributed by atoms with Gasteiger partial charge >= 0.3 is 5.97 Å². The van der Waals surface area contributed by atoms with Crippen LogP contribution in [0.25, 0.3) is 0 Å². The van der Waals surface area contributed by atoms with Crippen molar-refractivity contribution in [3.05, 3.63) is 17.5 Å². The van der Waals surface area contributed by atoms with Crippen molar-refractivity contribution in [2.24, 2.45) is 7.05 Å². The number of hydrogen-bond donors (Lipinski definition) is 1. The summed E-state index contributed by atoms with van der Waals surface area (Å²) >= 11 is 0. The van der Waals surface area contributed by atoms with Gasteiger partial charge in [0.05, 0.1) is 5.69 Å². The van der Waals surface area contributed by atoms with E-state index < -0.39 is 5.97 Å². The standard InChI is InChI=1S/C10H15N3O3/c1-4-13(6-9(14)15)10(16)8-5-7(2)11-12(8)3/h5H,4,6H2,1-3H3,(H,14,15). The average Bonchev–Trinajstić information content (AvgIpc) is 2.53. The number of aliphatic carboxylic acids is 1. The molecule has 16 heavy (non-hydrogen) atoms. The van der Waals surface area contributed by atoms with Crippen LogP contribution in [0.2, 0.25) is 0 Å². The summed E-state index contributed by atoms with van der Waals surface area (Å²) in [6.45, 7) is 3.59. The van der Waals surface area contributed by atoms with Gasteiger partial charge in [-0.3, -0.25) is 14.3 Å². The fourth-order valence-corrected chi connectivity index (χ4v) is 1.46. The van der Waals surface area contributed by atoms with Gasteiger partial charge in [-0.05, 0) is 19.9 Å². The Labute approximate surface area is 93.5 Å². The lowest BCUT2D eigenvalue weighted by Crippen LogP contribution is -2.36. The summed E-state index contributed by atoms with van der Waals surface area (Å²) in [6.07, 6.45) is 0. The Morgan fingerprint density at radius 2 is 2.19 bits per heavy atom. The fourth-order valence-electron chi connectivity index (χ4n) is 1.46. The monoisotopic (exact) mass is 225 g/mol. The van der Waals surface area contributed by atoms with E-state index in [4.69, 9.17) is 5.11 Å². The molecule has 0 saturated heterocycles. The Bertz CT molecular complexity index is 411. The molecule has 1 rings (SSSR count). The Hall–Kier alpha value is -1.85. The van der Waals surface area contributed by atoms with Crippen LogP contribution in [0.3, 0.4) is 0 Å². The zero-order chi connectivity index (χ0) is 12.3. The summed E-state index contributed by atoms with van der Waals surface area (Å²) in [6, 6.07) is 1.65. The summed E-state index contributed by atoms with van der Waals surface area (Å²) in [5, 5.41) is 12.7. The number of aromatic nitrogens is 2. The minimum atomic E-state index is -1.02. The number of amides is 1. The third kappa shape index (κ3) is 2.59. The molecule has 1 heterocycles. The number of carboxylic acid groups (broad SMARTS) is 1. The van der Waals surface area contributed by atoms with E-state index in [0.29, 0.717) is 12.2 Å². The van der Waals surface area contributed by atoms with E-state index in [2.05, 4.69) is 5.10 Å². The molecule has 0 aromatic carbocycles. The zero-order valence-electron chi connectivity index (χ0n) is 9.60. The van der Waals surface area contributed by atoms with Gasteiger partial charge in [-0.15, -0.1) is 0 Å². The first-order valence-electron chi connectivity index (χ1n) is 4.97. The first-order valence-corrected chi connectivity index (χ1v) is 4.97. The second-order valence-corrected chi connectivity index (χ2v) is 3.51. The predicted molar refractivity (Wildman–Crippen MR) is 57.2 cm³/mol. The summed E-state index contributed by atoms with van der Waals surface area (Å²) in [7, 11) is 1.66. The maximum absolute atomic E-state index is 11.9. The van der Waals surface area contributed by atoms with Crippen LogP contribution < -0.4 is 0 Å². The highest BCUT2D eigenvalue weighted by atomic mass is 16.4. The first kappa shape index (κ1) is 12.2. The molecule has 0 aliphatic heterocycles. The zero-order valence-corrected chi connectivity index (χ0v) is 9.60. The molecule has 0 radical (unpaired) electrons. The van der Waals surface area contributed by atoms with Crippen molar-refractivity contribution in [2.45, 2.75) is 13.8 Å². The topological polar surface area (TPSA) is 75.4 Å². The van der Waals surface area contributed by atoms with E-state index in [9.17, 15) is 9.59 Å². The smallest absolute Gasteiger partial charge is 0.323 e. The van der Waals surface area contributed by atoms with E-state index in [0.717, 1.165) is 5.69 Å². The van der Waals surface area contributed by atoms with Crippen LogP contribution in [0.4, 0.5) is 0 Å². The molecule has 0 spiro atoms. The minimum absolute atomic E-state index is 0.292. The molecule has 6 nitrogen and oxygen atoms in total. The van der Waals surface area contributed by atoms with Gasteiger partial charge < -0.3 is 10.0 Å². The van der Waals surface area contributed by atoms with Crippen molar-refractivity contribution >= 4 is 11.9 Å². The number of rotatable bonds is 4. The lowest BCUT2D eigenvalue weighted by Gasteiger charge is -2.18. The SMILES string of the molecule is CCN(CC(=O)O)C(=O)c1cc(C)nn1C. The molecule has 6 heteroatoms. The van der Waals surface area contributed by atoms with Gasteiger partial charge in [0.2, 0.25) is 0 Å². The maximum Gasteiger partial charge on any atom is 0.323 e. The number of carbonyl (C=O) groups is 2. The van der Waals surface area contributed by atoms with Crippen LogP contribution in [0.15, 0.2) is 6.07 Å². The van der Waals surface area contributed by atoms with Gasteiger partial charge in [0.25, 0.3) is 5.91 Å². The summed E-state index contributed by atoms with van der Waals surface area (Å²) < 4.78 is 1.46. The highest BCUT2D eigenvalue weighted by Gasteiger charge is 2.20. The van der Waals surface area contributed by atoms with Crippen molar-refractivity contribution in [3.8, 4) is 0 Å². The van der Waals surface area contributed by atoms with Crippen molar-refractivity contribution in [1.29, 1.82) is 0 Å². The van der Waals surface area contributed by atoms with E-state index in [1.54, 1.807) is 27.0 Å². The Morgan fingerprint density at radius 1 is 1.56 bits per heavy atom. The molecular weight excluding hydrogens is 210 g/mol. The summed E-state index contributed by atoms with van der Waals surface area (Å²) in [5.74, 6) is -1.33. The number of aryl methyl sites for hydroxylation is 2. The number of carboxylic acids is 1. The van der Waals surface area contributed by atoms with Gasteiger partial charge in [-0.25, -0.2) is 0 Å². The number of hydrogen-bond acceptors (Lipinski definition) is 3. The quantitative estimate of drug-likeness (QED) is 0.798. The first-order chi connectivity index (χ1) is 7.45. The molecular formula is C10H15N3O3. The van der Waals surface area contributed by atoms with E-state index in [1.165, 1.54) is 9.58 Å². The molecule has 1 aromatic rings. The average molecular weight is 225 g/mol. The van der Waals surface area contributed by atoms with Gasteiger partial charge in [-0.1, -0.05) is 0 Å². The molecule has 0 fully saturated rings. The van der Waals surface area contributed by atoms with Crippen LogP contribution >= 0.6 is 0 Å². The number of likely N-dealkylation sites (N-methyl/N-ethyl adjacent to an activating group) is 1. The van der Waals surface area contributed by atoms with Crippen LogP contribution in [0.5, 0.6) is 0 Å². The third-order valence-electron chi connectivity index (χ3n) is 2.22. The lowest BCUT2D eigenvalue weighted by atomic mass is 10.3. The van der Waals surface area contributed by atoms with E-state index in [1.807, 2.05) is 0 Å². The molecule has 0 saturated carbocycles.